The average molecular weight is 442 g/mol. The second-order valence-electron chi connectivity index (χ2n) is 7.29. The summed E-state index contributed by atoms with van der Waals surface area (Å²) >= 11 is 6.14. The van der Waals surface area contributed by atoms with Crippen LogP contribution in [-0.2, 0) is 20.9 Å². The van der Waals surface area contributed by atoms with E-state index in [-0.39, 0.29) is 17.5 Å². The molecule has 4 rings (SSSR count). The Labute approximate surface area is 183 Å². The normalized spacial score (nSPS) is 19.7. The molecule has 2 aliphatic heterocycles. The van der Waals surface area contributed by atoms with Crippen LogP contribution in [0.4, 0.5) is 5.69 Å². The molecular weight excluding hydrogens is 422 g/mol. The molecule has 9 nitrogen and oxygen atoms in total. The van der Waals surface area contributed by atoms with Gasteiger partial charge in [0.25, 0.3) is 11.8 Å². The van der Waals surface area contributed by atoms with Crippen molar-refractivity contribution in [3.8, 4) is 5.75 Å². The molecule has 1 N–H and O–H groups in total. The van der Waals surface area contributed by atoms with E-state index < -0.39 is 23.9 Å². The standard InChI is InChI=1S/C21H20ClN5O4/c1-12-3-5-13(6-4-12)10-23-17(28)11-26-19-18(24-25-26)20(29)27(21(19)30)14-7-8-16(31-2)15(22)9-14/h3-9,18-19H,10-11H2,1-2H3,(H,23,28). The molecule has 0 saturated carbocycles. The molecule has 2 aromatic rings. The summed E-state index contributed by atoms with van der Waals surface area (Å²) in [5, 5.41) is 12.1. The van der Waals surface area contributed by atoms with Gasteiger partial charge in [-0.25, -0.2) is 4.90 Å². The minimum Gasteiger partial charge on any atom is -0.495 e. The molecule has 10 heteroatoms. The highest BCUT2D eigenvalue weighted by molar-refractivity contribution is 6.33. The van der Waals surface area contributed by atoms with Gasteiger partial charge in [-0.15, -0.1) is 0 Å². The van der Waals surface area contributed by atoms with E-state index in [0.717, 1.165) is 16.0 Å². The van der Waals surface area contributed by atoms with E-state index in [4.69, 9.17) is 16.3 Å². The quantitative estimate of drug-likeness (QED) is 0.692. The first-order valence-electron chi connectivity index (χ1n) is 9.60. The number of fused-ring (bicyclic) bond motifs is 1. The van der Waals surface area contributed by atoms with Gasteiger partial charge in [0.1, 0.15) is 12.3 Å². The SMILES string of the molecule is COc1ccc(N2C(=O)C3N=NN(CC(=O)NCc4ccc(C)cc4)C3C2=O)cc1Cl. The van der Waals surface area contributed by atoms with Crippen LogP contribution < -0.4 is 15.0 Å². The molecule has 1 saturated heterocycles. The summed E-state index contributed by atoms with van der Waals surface area (Å²) in [5.41, 5.74) is 2.40. The fraction of sp³-hybridized carbons (Fsp3) is 0.286. The number of halogens is 1. The van der Waals surface area contributed by atoms with Crippen molar-refractivity contribution in [1.82, 2.24) is 10.3 Å². The number of nitrogens with one attached hydrogen (secondary N) is 1. The maximum Gasteiger partial charge on any atom is 0.263 e. The van der Waals surface area contributed by atoms with Crippen molar-refractivity contribution in [1.29, 1.82) is 0 Å². The van der Waals surface area contributed by atoms with Gasteiger partial charge in [-0.3, -0.25) is 19.4 Å². The number of hydrogen-bond donors (Lipinski definition) is 1. The predicted molar refractivity (Wildman–Crippen MR) is 113 cm³/mol. The van der Waals surface area contributed by atoms with Crippen molar-refractivity contribution in [3.63, 3.8) is 0 Å². The van der Waals surface area contributed by atoms with E-state index in [1.54, 1.807) is 12.1 Å². The number of rotatable bonds is 6. The smallest absolute Gasteiger partial charge is 0.263 e. The number of carbonyl (C=O) groups excluding carboxylic acids is 3. The summed E-state index contributed by atoms with van der Waals surface area (Å²) in [6.45, 7) is 2.15. The molecule has 0 radical (unpaired) electrons. The Morgan fingerprint density at radius 2 is 1.90 bits per heavy atom. The van der Waals surface area contributed by atoms with Crippen molar-refractivity contribution >= 4 is 35.0 Å². The third-order valence-corrected chi connectivity index (χ3v) is 5.46. The van der Waals surface area contributed by atoms with Gasteiger partial charge in [0.2, 0.25) is 5.91 Å². The van der Waals surface area contributed by atoms with Gasteiger partial charge in [0.05, 0.1) is 17.8 Å². The van der Waals surface area contributed by atoms with Gasteiger partial charge in [-0.1, -0.05) is 46.7 Å². The van der Waals surface area contributed by atoms with E-state index >= 15 is 0 Å². The molecule has 0 spiro atoms. The summed E-state index contributed by atoms with van der Waals surface area (Å²) in [5.74, 6) is -0.919. The third-order valence-electron chi connectivity index (χ3n) is 5.17. The van der Waals surface area contributed by atoms with Crippen LogP contribution >= 0.6 is 11.6 Å². The van der Waals surface area contributed by atoms with Crippen molar-refractivity contribution < 1.29 is 19.1 Å². The number of aryl methyl sites for hydroxylation is 1. The van der Waals surface area contributed by atoms with Gasteiger partial charge < -0.3 is 10.1 Å². The molecule has 2 unspecified atom stereocenters. The Balaban J connectivity index is 1.43. The zero-order valence-corrected chi connectivity index (χ0v) is 17.7. The van der Waals surface area contributed by atoms with Crippen LogP contribution in [0.3, 0.4) is 0 Å². The molecule has 0 bridgehead atoms. The van der Waals surface area contributed by atoms with Crippen molar-refractivity contribution in [3.05, 3.63) is 58.6 Å². The van der Waals surface area contributed by atoms with Crippen LogP contribution in [-0.4, -0.2) is 48.5 Å². The first-order chi connectivity index (χ1) is 14.9. The Kier molecular flexibility index (Phi) is 5.60. The summed E-state index contributed by atoms with van der Waals surface area (Å²) < 4.78 is 5.11. The van der Waals surface area contributed by atoms with Crippen molar-refractivity contribution in [2.24, 2.45) is 10.3 Å². The zero-order valence-electron chi connectivity index (χ0n) is 16.9. The maximum atomic E-state index is 13.0. The monoisotopic (exact) mass is 441 g/mol. The van der Waals surface area contributed by atoms with Crippen molar-refractivity contribution in [2.75, 3.05) is 18.6 Å². The van der Waals surface area contributed by atoms with Gasteiger partial charge >= 0.3 is 0 Å². The Bertz CT molecular complexity index is 1070. The molecular formula is C21H20ClN5O4. The fourth-order valence-corrected chi connectivity index (χ4v) is 3.76. The minimum atomic E-state index is -0.988. The highest BCUT2D eigenvalue weighted by atomic mass is 35.5. The second kappa shape index (κ2) is 8.35. The summed E-state index contributed by atoms with van der Waals surface area (Å²) in [6, 6.07) is 10.5. The first-order valence-corrected chi connectivity index (χ1v) is 9.98. The lowest BCUT2D eigenvalue weighted by atomic mass is 10.1. The maximum absolute atomic E-state index is 13.0. The largest absolute Gasteiger partial charge is 0.495 e. The molecule has 1 fully saturated rings. The number of ether oxygens (including phenoxy) is 1. The molecule has 0 aromatic heterocycles. The summed E-state index contributed by atoms with van der Waals surface area (Å²) in [7, 11) is 1.47. The van der Waals surface area contributed by atoms with Crippen LogP contribution in [0, 0.1) is 6.92 Å². The number of hydrogen-bond acceptors (Lipinski definition) is 7. The van der Waals surface area contributed by atoms with Gasteiger partial charge in [0.15, 0.2) is 12.1 Å². The first kappa shape index (κ1) is 20.8. The van der Waals surface area contributed by atoms with E-state index in [9.17, 15) is 14.4 Å². The number of benzene rings is 2. The molecule has 2 atom stereocenters. The average Bonchev–Trinajstić information content (AvgIpc) is 3.27. The van der Waals surface area contributed by atoms with Crippen LogP contribution in [0.2, 0.25) is 5.02 Å². The summed E-state index contributed by atoms with van der Waals surface area (Å²) in [6.07, 6.45) is 0. The molecule has 2 aromatic carbocycles. The van der Waals surface area contributed by atoms with E-state index in [0.29, 0.717) is 18.0 Å². The molecule has 160 valence electrons. The number of amides is 3. The number of imide groups is 1. The lowest BCUT2D eigenvalue weighted by molar-refractivity contribution is -0.125. The molecule has 2 heterocycles. The number of nitrogens with zero attached hydrogens (tertiary/aromatic N) is 4. The summed E-state index contributed by atoms with van der Waals surface area (Å²) in [4.78, 5) is 39.2. The molecule has 31 heavy (non-hydrogen) atoms. The number of anilines is 1. The highest BCUT2D eigenvalue weighted by Gasteiger charge is 2.55. The van der Waals surface area contributed by atoms with Gasteiger partial charge in [0, 0.05) is 6.54 Å². The Morgan fingerprint density at radius 1 is 1.16 bits per heavy atom. The number of carbonyl (C=O) groups is 3. The lowest BCUT2D eigenvalue weighted by Crippen LogP contribution is -2.44. The third kappa shape index (κ3) is 3.96. The van der Waals surface area contributed by atoms with Crippen molar-refractivity contribution in [2.45, 2.75) is 25.6 Å². The minimum absolute atomic E-state index is 0.188. The Morgan fingerprint density at radius 3 is 2.58 bits per heavy atom. The van der Waals surface area contributed by atoms with Crippen LogP contribution in [0.5, 0.6) is 5.75 Å². The molecule has 0 aliphatic carbocycles. The Hall–Kier alpha value is -3.46. The van der Waals surface area contributed by atoms with Gasteiger partial charge in [-0.05, 0) is 30.7 Å². The molecule has 2 aliphatic rings. The lowest BCUT2D eigenvalue weighted by Gasteiger charge is -2.20. The topological polar surface area (TPSA) is 104 Å². The molecule has 3 amide bonds. The van der Waals surface area contributed by atoms with Gasteiger partial charge in [-0.2, -0.15) is 5.11 Å². The van der Waals surface area contributed by atoms with E-state index in [1.807, 2.05) is 31.2 Å². The predicted octanol–water partition coefficient (Wildman–Crippen LogP) is 2.27. The van der Waals surface area contributed by atoms with E-state index in [2.05, 4.69) is 15.7 Å². The number of methoxy groups -OCH3 is 1. The highest BCUT2D eigenvalue weighted by Crippen LogP contribution is 2.35. The zero-order chi connectivity index (χ0) is 22.1. The van der Waals surface area contributed by atoms with Crippen LogP contribution in [0.25, 0.3) is 0 Å². The second-order valence-corrected chi connectivity index (χ2v) is 7.69. The fourth-order valence-electron chi connectivity index (χ4n) is 3.51. The van der Waals surface area contributed by atoms with Crippen LogP contribution in [0.15, 0.2) is 52.8 Å². The van der Waals surface area contributed by atoms with Crippen LogP contribution in [0.1, 0.15) is 11.1 Å². The van der Waals surface area contributed by atoms with E-state index in [1.165, 1.54) is 18.2 Å².